The fraction of sp³-hybridized carbons (Fsp3) is 0.625. The molecule has 1 aromatic carbocycles. The number of rotatable bonds is 3. The SMILES string of the molecule is Fc1ccc(CN2CCC(C3CCCN3)CC2)c(Br)c1. The fourth-order valence-electron chi connectivity index (χ4n) is 3.52. The van der Waals surface area contributed by atoms with E-state index in [0.29, 0.717) is 0 Å². The predicted octanol–water partition coefficient (Wildman–Crippen LogP) is 3.55. The quantitative estimate of drug-likeness (QED) is 0.905. The molecule has 0 aliphatic carbocycles. The maximum absolute atomic E-state index is 13.1. The second kappa shape index (κ2) is 6.54. The molecule has 1 atom stereocenters. The lowest BCUT2D eigenvalue weighted by Gasteiger charge is -2.35. The zero-order chi connectivity index (χ0) is 13.9. The Bertz CT molecular complexity index is 452. The highest BCUT2D eigenvalue weighted by Crippen LogP contribution is 2.27. The van der Waals surface area contributed by atoms with Crippen molar-refractivity contribution in [1.29, 1.82) is 0 Å². The van der Waals surface area contributed by atoms with Gasteiger partial charge < -0.3 is 5.32 Å². The minimum Gasteiger partial charge on any atom is -0.314 e. The van der Waals surface area contributed by atoms with Gasteiger partial charge in [-0.1, -0.05) is 22.0 Å². The van der Waals surface area contributed by atoms with Crippen molar-refractivity contribution in [3.05, 3.63) is 34.1 Å². The van der Waals surface area contributed by atoms with E-state index in [1.54, 1.807) is 12.1 Å². The van der Waals surface area contributed by atoms with Gasteiger partial charge >= 0.3 is 0 Å². The fourth-order valence-corrected chi connectivity index (χ4v) is 3.99. The van der Waals surface area contributed by atoms with Gasteiger partial charge in [-0.15, -0.1) is 0 Å². The van der Waals surface area contributed by atoms with Crippen molar-refractivity contribution in [3.8, 4) is 0 Å². The Morgan fingerprint density at radius 3 is 2.70 bits per heavy atom. The lowest BCUT2D eigenvalue weighted by Crippen LogP contribution is -2.40. The van der Waals surface area contributed by atoms with Crippen molar-refractivity contribution in [2.45, 2.75) is 38.3 Å². The van der Waals surface area contributed by atoms with Crippen LogP contribution in [-0.4, -0.2) is 30.6 Å². The molecule has 0 spiro atoms. The van der Waals surface area contributed by atoms with E-state index in [0.717, 1.165) is 36.1 Å². The zero-order valence-corrected chi connectivity index (χ0v) is 13.3. The molecule has 0 amide bonds. The standard InChI is InChI=1S/C16H22BrFN2/c17-15-10-14(18)4-3-13(15)11-20-8-5-12(6-9-20)16-2-1-7-19-16/h3-4,10,12,16,19H,1-2,5-9,11H2. The maximum atomic E-state index is 13.1. The topological polar surface area (TPSA) is 15.3 Å². The highest BCUT2D eigenvalue weighted by Gasteiger charge is 2.28. The molecule has 0 radical (unpaired) electrons. The maximum Gasteiger partial charge on any atom is 0.124 e. The number of nitrogens with one attached hydrogen (secondary N) is 1. The first-order chi connectivity index (χ1) is 9.72. The van der Waals surface area contributed by atoms with Crippen molar-refractivity contribution < 1.29 is 4.39 Å². The average molecular weight is 341 g/mol. The molecule has 0 aromatic heterocycles. The summed E-state index contributed by atoms with van der Waals surface area (Å²) in [6.07, 6.45) is 5.27. The van der Waals surface area contributed by atoms with E-state index < -0.39 is 0 Å². The lowest BCUT2D eigenvalue weighted by molar-refractivity contribution is 0.157. The third-order valence-corrected chi connectivity index (χ3v) is 5.45. The van der Waals surface area contributed by atoms with Gasteiger partial charge in [-0.25, -0.2) is 4.39 Å². The average Bonchev–Trinajstić information content (AvgIpc) is 2.97. The van der Waals surface area contributed by atoms with Crippen LogP contribution in [0.15, 0.2) is 22.7 Å². The van der Waals surface area contributed by atoms with Gasteiger partial charge in [0.2, 0.25) is 0 Å². The summed E-state index contributed by atoms with van der Waals surface area (Å²) >= 11 is 3.46. The van der Waals surface area contributed by atoms with E-state index in [-0.39, 0.29) is 5.82 Å². The number of piperidine rings is 1. The van der Waals surface area contributed by atoms with E-state index in [4.69, 9.17) is 0 Å². The van der Waals surface area contributed by atoms with Crippen molar-refractivity contribution >= 4 is 15.9 Å². The molecule has 1 unspecified atom stereocenters. The first-order valence-corrected chi connectivity index (χ1v) is 8.41. The van der Waals surface area contributed by atoms with Crippen LogP contribution in [0.1, 0.15) is 31.2 Å². The zero-order valence-electron chi connectivity index (χ0n) is 11.7. The Balaban J connectivity index is 1.53. The van der Waals surface area contributed by atoms with Crippen molar-refractivity contribution in [3.63, 3.8) is 0 Å². The summed E-state index contributed by atoms with van der Waals surface area (Å²) in [5.41, 5.74) is 1.18. The van der Waals surface area contributed by atoms with Gasteiger partial charge in [-0.2, -0.15) is 0 Å². The Morgan fingerprint density at radius 1 is 1.25 bits per heavy atom. The normalized spacial score (nSPS) is 25.2. The summed E-state index contributed by atoms with van der Waals surface area (Å²) < 4.78 is 14.0. The van der Waals surface area contributed by atoms with Gasteiger partial charge in [0.1, 0.15) is 5.82 Å². The first kappa shape index (κ1) is 14.5. The van der Waals surface area contributed by atoms with Crippen LogP contribution < -0.4 is 5.32 Å². The van der Waals surface area contributed by atoms with Crippen LogP contribution in [0.4, 0.5) is 4.39 Å². The number of halogens is 2. The molecule has 20 heavy (non-hydrogen) atoms. The van der Waals surface area contributed by atoms with Crippen LogP contribution in [0.25, 0.3) is 0 Å². The molecule has 4 heteroatoms. The number of hydrogen-bond donors (Lipinski definition) is 1. The minimum atomic E-state index is -0.174. The predicted molar refractivity (Wildman–Crippen MR) is 83.1 cm³/mol. The minimum absolute atomic E-state index is 0.174. The Labute approximate surface area is 128 Å². The highest BCUT2D eigenvalue weighted by atomic mass is 79.9. The third-order valence-electron chi connectivity index (χ3n) is 4.71. The van der Waals surface area contributed by atoms with Gasteiger partial charge in [0.15, 0.2) is 0 Å². The smallest absolute Gasteiger partial charge is 0.124 e. The van der Waals surface area contributed by atoms with Gasteiger partial charge in [0, 0.05) is 17.1 Å². The van der Waals surface area contributed by atoms with Crippen LogP contribution in [0.5, 0.6) is 0 Å². The monoisotopic (exact) mass is 340 g/mol. The highest BCUT2D eigenvalue weighted by molar-refractivity contribution is 9.10. The van der Waals surface area contributed by atoms with Crippen molar-refractivity contribution in [1.82, 2.24) is 10.2 Å². The van der Waals surface area contributed by atoms with Gasteiger partial charge in [-0.3, -0.25) is 4.90 Å². The molecule has 110 valence electrons. The molecule has 0 bridgehead atoms. The second-order valence-electron chi connectivity index (χ2n) is 6.05. The summed E-state index contributed by atoms with van der Waals surface area (Å²) in [6, 6.07) is 5.76. The molecule has 2 aliphatic heterocycles. The third kappa shape index (κ3) is 3.41. The van der Waals surface area contributed by atoms with Gasteiger partial charge in [0.05, 0.1) is 0 Å². The van der Waals surface area contributed by atoms with E-state index >= 15 is 0 Å². The Hall–Kier alpha value is -0.450. The summed E-state index contributed by atoms with van der Waals surface area (Å²) in [4.78, 5) is 2.49. The largest absolute Gasteiger partial charge is 0.314 e. The molecule has 1 aromatic rings. The molecule has 2 heterocycles. The molecule has 2 nitrogen and oxygen atoms in total. The summed E-state index contributed by atoms with van der Waals surface area (Å²) in [6.45, 7) is 4.44. The number of likely N-dealkylation sites (tertiary alicyclic amines) is 1. The molecule has 0 saturated carbocycles. The molecular weight excluding hydrogens is 319 g/mol. The summed E-state index contributed by atoms with van der Waals surface area (Å²) in [5, 5.41) is 3.64. The van der Waals surface area contributed by atoms with Crippen molar-refractivity contribution in [2.75, 3.05) is 19.6 Å². The summed E-state index contributed by atoms with van der Waals surface area (Å²) in [5.74, 6) is 0.678. The molecule has 2 aliphatic rings. The van der Waals surface area contributed by atoms with E-state index in [1.807, 2.05) is 6.07 Å². The molecular formula is C16H22BrFN2. The van der Waals surface area contributed by atoms with Crippen LogP contribution in [-0.2, 0) is 6.54 Å². The molecule has 3 rings (SSSR count). The molecule has 2 fully saturated rings. The van der Waals surface area contributed by atoms with E-state index in [2.05, 4.69) is 26.1 Å². The van der Waals surface area contributed by atoms with Crippen LogP contribution in [0.3, 0.4) is 0 Å². The second-order valence-corrected chi connectivity index (χ2v) is 6.91. The Morgan fingerprint density at radius 2 is 2.05 bits per heavy atom. The van der Waals surface area contributed by atoms with Crippen molar-refractivity contribution in [2.24, 2.45) is 5.92 Å². The molecule has 2 saturated heterocycles. The number of hydrogen-bond acceptors (Lipinski definition) is 2. The van der Waals surface area contributed by atoms with Crippen LogP contribution in [0, 0.1) is 11.7 Å². The lowest BCUT2D eigenvalue weighted by atomic mass is 9.88. The summed E-state index contributed by atoms with van der Waals surface area (Å²) in [7, 11) is 0. The number of nitrogens with zero attached hydrogens (tertiary/aromatic N) is 1. The van der Waals surface area contributed by atoms with Crippen LogP contribution in [0.2, 0.25) is 0 Å². The van der Waals surface area contributed by atoms with Crippen LogP contribution >= 0.6 is 15.9 Å². The van der Waals surface area contributed by atoms with E-state index in [9.17, 15) is 4.39 Å². The Kier molecular flexibility index (Phi) is 4.74. The number of benzene rings is 1. The first-order valence-electron chi connectivity index (χ1n) is 7.62. The van der Waals surface area contributed by atoms with Gasteiger partial charge in [0.25, 0.3) is 0 Å². The molecule has 1 N–H and O–H groups in total. The van der Waals surface area contributed by atoms with Gasteiger partial charge in [-0.05, 0) is 68.9 Å². The van der Waals surface area contributed by atoms with E-state index in [1.165, 1.54) is 37.8 Å².